The highest BCUT2D eigenvalue weighted by molar-refractivity contribution is 7.99. The Labute approximate surface area is 150 Å². The molecule has 3 aromatic carbocycles. The van der Waals surface area contributed by atoms with Crippen LogP contribution < -0.4 is 0 Å². The van der Waals surface area contributed by atoms with Crippen molar-refractivity contribution in [2.45, 2.75) is 23.1 Å². The summed E-state index contributed by atoms with van der Waals surface area (Å²) in [5.74, 6) is -0.100. The van der Waals surface area contributed by atoms with E-state index in [1.807, 2.05) is 61.5 Å². The molecule has 0 saturated heterocycles. The molecule has 0 spiro atoms. The molecule has 0 amide bonds. The Morgan fingerprint density at radius 2 is 1.40 bits per heavy atom. The van der Waals surface area contributed by atoms with Crippen molar-refractivity contribution >= 4 is 23.3 Å². The highest BCUT2D eigenvalue weighted by atomic mass is 32.2. The quantitative estimate of drug-likeness (QED) is 0.514. The Morgan fingerprint density at radius 1 is 0.720 bits per heavy atom. The summed E-state index contributed by atoms with van der Waals surface area (Å²) in [5.41, 5.74) is 3.07. The van der Waals surface area contributed by atoms with Gasteiger partial charge < -0.3 is 0 Å². The molecule has 3 aromatic rings. The first kappa shape index (κ1) is 15.9. The van der Waals surface area contributed by atoms with Crippen molar-refractivity contribution in [2.24, 2.45) is 0 Å². The molecule has 3 heteroatoms. The third-order valence-electron chi connectivity index (χ3n) is 4.47. The zero-order valence-electron chi connectivity index (χ0n) is 13.8. The molecule has 0 unspecified atom stereocenters. The van der Waals surface area contributed by atoms with Gasteiger partial charge in [0.15, 0.2) is 11.6 Å². The molecule has 0 saturated carbocycles. The van der Waals surface area contributed by atoms with Crippen LogP contribution in [0, 0.1) is 0 Å². The van der Waals surface area contributed by atoms with Gasteiger partial charge in [0.25, 0.3) is 0 Å². The van der Waals surface area contributed by atoms with Crippen molar-refractivity contribution in [3.05, 3.63) is 94.5 Å². The van der Waals surface area contributed by atoms with Gasteiger partial charge in [-0.2, -0.15) is 0 Å². The van der Waals surface area contributed by atoms with Gasteiger partial charge in [0.1, 0.15) is 0 Å². The SMILES string of the molecule is CCc1cccc2c1C(=O)c1c(Sc3ccccc3)cccc1C2=O. The van der Waals surface area contributed by atoms with Crippen molar-refractivity contribution in [1.82, 2.24) is 0 Å². The minimum absolute atomic E-state index is 0.0407. The fourth-order valence-electron chi connectivity index (χ4n) is 3.28. The summed E-state index contributed by atoms with van der Waals surface area (Å²) in [4.78, 5) is 28.1. The lowest BCUT2D eigenvalue weighted by Crippen LogP contribution is -2.23. The number of carbonyl (C=O) groups is 2. The van der Waals surface area contributed by atoms with Crippen LogP contribution in [0.5, 0.6) is 0 Å². The van der Waals surface area contributed by atoms with Crippen LogP contribution >= 0.6 is 11.8 Å². The van der Waals surface area contributed by atoms with Crippen LogP contribution in [0.1, 0.15) is 44.3 Å². The molecule has 1 aliphatic carbocycles. The molecule has 0 radical (unpaired) electrons. The fraction of sp³-hybridized carbons (Fsp3) is 0.0909. The summed E-state index contributed by atoms with van der Waals surface area (Å²) < 4.78 is 0. The second kappa shape index (κ2) is 6.34. The number of hydrogen-bond acceptors (Lipinski definition) is 3. The topological polar surface area (TPSA) is 34.1 Å². The molecule has 0 heterocycles. The number of aryl methyl sites for hydroxylation is 1. The van der Waals surface area contributed by atoms with Gasteiger partial charge in [-0.15, -0.1) is 0 Å². The zero-order chi connectivity index (χ0) is 17.4. The van der Waals surface area contributed by atoms with Gasteiger partial charge in [-0.1, -0.05) is 67.2 Å². The van der Waals surface area contributed by atoms with E-state index < -0.39 is 0 Å². The van der Waals surface area contributed by atoms with Crippen LogP contribution in [0.15, 0.2) is 76.5 Å². The predicted molar refractivity (Wildman–Crippen MR) is 99.7 cm³/mol. The first-order valence-corrected chi connectivity index (χ1v) is 9.09. The van der Waals surface area contributed by atoms with Crippen molar-refractivity contribution in [1.29, 1.82) is 0 Å². The van der Waals surface area contributed by atoms with Crippen LogP contribution in [0.2, 0.25) is 0 Å². The average Bonchev–Trinajstić information content (AvgIpc) is 2.66. The van der Waals surface area contributed by atoms with E-state index in [2.05, 4.69) is 0 Å². The lowest BCUT2D eigenvalue weighted by Gasteiger charge is -2.22. The predicted octanol–water partition coefficient (Wildman–Crippen LogP) is 5.18. The Kier molecular flexibility index (Phi) is 4.02. The van der Waals surface area contributed by atoms with Crippen LogP contribution in [0.25, 0.3) is 0 Å². The first-order chi connectivity index (χ1) is 12.2. The van der Waals surface area contributed by atoms with Gasteiger partial charge in [0.2, 0.25) is 0 Å². The number of hydrogen-bond donors (Lipinski definition) is 0. The normalized spacial score (nSPS) is 12.7. The molecule has 0 N–H and O–H groups in total. The molecule has 0 bridgehead atoms. The maximum absolute atomic E-state index is 13.3. The Bertz CT molecular complexity index is 990. The van der Waals surface area contributed by atoms with E-state index in [1.165, 1.54) is 11.8 Å². The van der Waals surface area contributed by atoms with Crippen molar-refractivity contribution in [3.63, 3.8) is 0 Å². The smallest absolute Gasteiger partial charge is 0.195 e. The van der Waals surface area contributed by atoms with Gasteiger partial charge in [0, 0.05) is 32.0 Å². The maximum Gasteiger partial charge on any atom is 0.195 e. The Balaban J connectivity index is 1.89. The van der Waals surface area contributed by atoms with Crippen LogP contribution in [0.3, 0.4) is 0 Å². The minimum Gasteiger partial charge on any atom is -0.289 e. The molecular weight excluding hydrogens is 328 g/mol. The third-order valence-corrected chi connectivity index (χ3v) is 5.54. The highest BCUT2D eigenvalue weighted by Gasteiger charge is 2.33. The summed E-state index contributed by atoms with van der Waals surface area (Å²) in [6.45, 7) is 2.01. The monoisotopic (exact) mass is 344 g/mol. The number of fused-ring (bicyclic) bond motifs is 2. The number of ketones is 2. The van der Waals surface area contributed by atoms with E-state index >= 15 is 0 Å². The van der Waals surface area contributed by atoms with E-state index in [9.17, 15) is 9.59 Å². The standard InChI is InChI=1S/C22H16O2S/c1-2-14-8-6-11-16-19(14)22(24)20-17(21(16)23)12-7-13-18(20)25-15-9-4-3-5-10-15/h3-13H,2H2,1H3. The summed E-state index contributed by atoms with van der Waals surface area (Å²) >= 11 is 1.52. The van der Waals surface area contributed by atoms with E-state index in [0.29, 0.717) is 22.3 Å². The summed E-state index contributed by atoms with van der Waals surface area (Å²) in [5, 5.41) is 0. The molecule has 0 aromatic heterocycles. The van der Waals surface area contributed by atoms with E-state index in [0.717, 1.165) is 21.8 Å². The number of rotatable bonds is 3. The van der Waals surface area contributed by atoms with Gasteiger partial charge in [0.05, 0.1) is 0 Å². The van der Waals surface area contributed by atoms with E-state index in [1.54, 1.807) is 12.1 Å². The fourth-order valence-corrected chi connectivity index (χ4v) is 4.28. The zero-order valence-corrected chi connectivity index (χ0v) is 14.6. The molecule has 25 heavy (non-hydrogen) atoms. The molecule has 122 valence electrons. The molecule has 0 atom stereocenters. The molecule has 2 nitrogen and oxygen atoms in total. The number of benzene rings is 3. The average molecular weight is 344 g/mol. The highest BCUT2D eigenvalue weighted by Crippen LogP contribution is 2.38. The van der Waals surface area contributed by atoms with Crippen molar-refractivity contribution in [2.75, 3.05) is 0 Å². The van der Waals surface area contributed by atoms with E-state index in [-0.39, 0.29) is 11.6 Å². The summed E-state index contributed by atoms with van der Waals surface area (Å²) in [6, 6.07) is 21.0. The van der Waals surface area contributed by atoms with Gasteiger partial charge in [-0.25, -0.2) is 0 Å². The molecule has 0 fully saturated rings. The van der Waals surface area contributed by atoms with Crippen LogP contribution in [0.4, 0.5) is 0 Å². The second-order valence-electron chi connectivity index (χ2n) is 5.95. The lowest BCUT2D eigenvalue weighted by molar-refractivity contribution is 0.0976. The largest absolute Gasteiger partial charge is 0.289 e. The molecular formula is C22H16O2S. The third kappa shape index (κ3) is 2.61. The van der Waals surface area contributed by atoms with Gasteiger partial charge in [-0.3, -0.25) is 9.59 Å². The maximum atomic E-state index is 13.3. The first-order valence-electron chi connectivity index (χ1n) is 8.28. The number of carbonyl (C=O) groups excluding carboxylic acids is 2. The van der Waals surface area contributed by atoms with Gasteiger partial charge >= 0.3 is 0 Å². The molecule has 1 aliphatic rings. The summed E-state index contributed by atoms with van der Waals surface area (Å²) in [6.07, 6.45) is 0.728. The van der Waals surface area contributed by atoms with Crippen LogP contribution in [-0.4, -0.2) is 11.6 Å². The lowest BCUT2D eigenvalue weighted by atomic mass is 9.81. The van der Waals surface area contributed by atoms with E-state index in [4.69, 9.17) is 0 Å². The van der Waals surface area contributed by atoms with Crippen molar-refractivity contribution < 1.29 is 9.59 Å². The summed E-state index contributed by atoms with van der Waals surface area (Å²) in [7, 11) is 0. The van der Waals surface area contributed by atoms with Gasteiger partial charge in [-0.05, 0) is 30.2 Å². The van der Waals surface area contributed by atoms with Crippen molar-refractivity contribution in [3.8, 4) is 0 Å². The second-order valence-corrected chi connectivity index (χ2v) is 7.06. The van der Waals surface area contributed by atoms with Crippen LogP contribution in [-0.2, 0) is 6.42 Å². The molecule has 4 rings (SSSR count). The minimum atomic E-state index is -0.0598. The Hall–Kier alpha value is -2.65. The Morgan fingerprint density at radius 3 is 2.12 bits per heavy atom. The molecule has 0 aliphatic heterocycles.